The molecule has 3 nitrogen and oxygen atoms in total. The summed E-state index contributed by atoms with van der Waals surface area (Å²) in [5.74, 6) is -0.760. The molecule has 3 rings (SSSR count). The van der Waals surface area contributed by atoms with Crippen molar-refractivity contribution in [3.8, 4) is 0 Å². The number of carbonyl (C=O) groups is 1. The molecule has 0 radical (unpaired) electrons. The maximum Gasteiger partial charge on any atom is 0.308 e. The largest absolute Gasteiger partial charge is 0.481 e. The van der Waals surface area contributed by atoms with Gasteiger partial charge in [0.2, 0.25) is 0 Å². The molecule has 3 heteroatoms. The maximum atomic E-state index is 11.2. The van der Waals surface area contributed by atoms with Crippen LogP contribution in [0.5, 0.6) is 0 Å². The first kappa shape index (κ1) is 10.8. The summed E-state index contributed by atoms with van der Waals surface area (Å²) in [6, 6.07) is 10.3. The molecule has 1 atom stereocenters. The molecule has 1 aliphatic heterocycles. The number of nitrogens with zero attached hydrogens (tertiary/aromatic N) is 1. The van der Waals surface area contributed by atoms with Crippen LogP contribution in [0.1, 0.15) is 18.4 Å². The predicted octanol–water partition coefficient (Wildman–Crippen LogP) is 1.98. The van der Waals surface area contributed by atoms with Crippen LogP contribution in [0.4, 0.5) is 0 Å². The van der Waals surface area contributed by atoms with Gasteiger partial charge in [-0.2, -0.15) is 0 Å². The molecule has 1 saturated heterocycles. The first-order valence-electron chi connectivity index (χ1n) is 6.19. The Hall–Kier alpha value is -1.35. The molecular formula is C14H17NO2. The summed E-state index contributed by atoms with van der Waals surface area (Å²) in [7, 11) is 0. The number of carboxylic acid groups (broad SMARTS) is 1. The van der Waals surface area contributed by atoms with E-state index in [1.165, 1.54) is 5.56 Å². The minimum absolute atomic E-state index is 0.112. The number of carboxylic acids is 1. The van der Waals surface area contributed by atoms with Gasteiger partial charge in [-0.15, -0.1) is 0 Å². The lowest BCUT2D eigenvalue weighted by atomic mass is 9.93. The zero-order valence-corrected chi connectivity index (χ0v) is 9.80. The van der Waals surface area contributed by atoms with Crippen molar-refractivity contribution >= 4 is 5.97 Å². The van der Waals surface area contributed by atoms with Gasteiger partial charge in [0.05, 0.1) is 5.92 Å². The van der Waals surface area contributed by atoms with Crippen LogP contribution < -0.4 is 0 Å². The van der Waals surface area contributed by atoms with E-state index in [9.17, 15) is 9.90 Å². The van der Waals surface area contributed by atoms with Crippen LogP contribution in [-0.2, 0) is 11.3 Å². The number of likely N-dealkylation sites (tertiary alicyclic amines) is 1. The summed E-state index contributed by atoms with van der Waals surface area (Å²) >= 11 is 0. The van der Waals surface area contributed by atoms with E-state index < -0.39 is 5.97 Å². The minimum Gasteiger partial charge on any atom is -0.481 e. The number of benzene rings is 1. The second kappa shape index (κ2) is 3.84. The molecule has 1 N–H and O–H groups in total. The smallest absolute Gasteiger partial charge is 0.308 e. The molecule has 0 unspecified atom stereocenters. The summed E-state index contributed by atoms with van der Waals surface area (Å²) in [6.45, 7) is 2.55. The highest BCUT2D eigenvalue weighted by Gasteiger charge is 2.57. The Morgan fingerprint density at radius 2 is 2.06 bits per heavy atom. The summed E-state index contributed by atoms with van der Waals surface area (Å²) in [5, 5.41) is 9.25. The van der Waals surface area contributed by atoms with Crippen LogP contribution in [0.25, 0.3) is 0 Å². The van der Waals surface area contributed by atoms with E-state index in [0.29, 0.717) is 6.54 Å². The van der Waals surface area contributed by atoms with Crippen LogP contribution in [0.15, 0.2) is 30.3 Å². The lowest BCUT2D eigenvalue weighted by Gasteiger charge is -2.15. The number of aliphatic carboxylic acids is 1. The molecular weight excluding hydrogens is 214 g/mol. The third kappa shape index (κ3) is 1.95. The van der Waals surface area contributed by atoms with Gasteiger partial charge in [0, 0.05) is 19.6 Å². The fourth-order valence-electron chi connectivity index (χ4n) is 3.04. The zero-order valence-electron chi connectivity index (χ0n) is 9.80. The molecule has 90 valence electrons. The number of rotatable bonds is 3. The van der Waals surface area contributed by atoms with E-state index >= 15 is 0 Å². The van der Waals surface area contributed by atoms with Gasteiger partial charge in [0.1, 0.15) is 0 Å². The van der Waals surface area contributed by atoms with Gasteiger partial charge in [-0.25, -0.2) is 0 Å². The molecule has 1 spiro atoms. The third-order valence-electron chi connectivity index (χ3n) is 4.16. The van der Waals surface area contributed by atoms with Crippen molar-refractivity contribution in [1.82, 2.24) is 4.90 Å². The van der Waals surface area contributed by atoms with Gasteiger partial charge >= 0.3 is 5.97 Å². The molecule has 1 aromatic rings. The summed E-state index contributed by atoms with van der Waals surface area (Å²) < 4.78 is 0. The van der Waals surface area contributed by atoms with Gasteiger partial charge in [-0.3, -0.25) is 9.69 Å². The van der Waals surface area contributed by atoms with Crippen LogP contribution in [0.3, 0.4) is 0 Å². The summed E-state index contributed by atoms with van der Waals surface area (Å²) in [4.78, 5) is 13.5. The monoisotopic (exact) mass is 231 g/mol. The quantitative estimate of drug-likeness (QED) is 0.864. The average molecular weight is 231 g/mol. The normalized spacial score (nSPS) is 26.2. The molecule has 0 aromatic heterocycles. The van der Waals surface area contributed by atoms with Crippen LogP contribution >= 0.6 is 0 Å². The highest BCUT2D eigenvalue weighted by Crippen LogP contribution is 2.56. The fraction of sp³-hybridized carbons (Fsp3) is 0.500. The SMILES string of the molecule is O=C(O)[C@@H]1CN(Cc2ccccc2)CC12CC2. The first-order valence-corrected chi connectivity index (χ1v) is 6.19. The topological polar surface area (TPSA) is 40.5 Å². The maximum absolute atomic E-state index is 11.2. The van der Waals surface area contributed by atoms with Gasteiger partial charge in [0.25, 0.3) is 0 Å². The Morgan fingerprint density at radius 1 is 1.35 bits per heavy atom. The van der Waals surface area contributed by atoms with E-state index in [2.05, 4.69) is 17.0 Å². The van der Waals surface area contributed by atoms with E-state index in [4.69, 9.17) is 0 Å². The summed E-state index contributed by atoms with van der Waals surface area (Å²) in [6.07, 6.45) is 2.19. The van der Waals surface area contributed by atoms with Gasteiger partial charge in [0.15, 0.2) is 0 Å². The van der Waals surface area contributed by atoms with Crippen LogP contribution in [0.2, 0.25) is 0 Å². The van der Waals surface area contributed by atoms with Gasteiger partial charge in [-0.1, -0.05) is 30.3 Å². The lowest BCUT2D eigenvalue weighted by molar-refractivity contribution is -0.142. The highest BCUT2D eigenvalue weighted by molar-refractivity contribution is 5.72. The van der Waals surface area contributed by atoms with Crippen molar-refractivity contribution in [2.75, 3.05) is 13.1 Å². The molecule has 1 heterocycles. The van der Waals surface area contributed by atoms with Gasteiger partial charge < -0.3 is 5.11 Å². The van der Waals surface area contributed by atoms with Crippen LogP contribution in [-0.4, -0.2) is 29.1 Å². The van der Waals surface area contributed by atoms with E-state index in [1.807, 2.05) is 18.2 Å². The average Bonchev–Trinajstić information content (AvgIpc) is 2.97. The van der Waals surface area contributed by atoms with Crippen molar-refractivity contribution in [1.29, 1.82) is 0 Å². The Bertz CT molecular complexity index is 425. The van der Waals surface area contributed by atoms with E-state index in [-0.39, 0.29) is 11.3 Å². The second-order valence-electron chi connectivity index (χ2n) is 5.41. The zero-order chi connectivity index (χ0) is 11.9. The molecule has 1 aromatic carbocycles. The predicted molar refractivity (Wildman–Crippen MR) is 64.5 cm³/mol. The third-order valence-corrected chi connectivity index (χ3v) is 4.16. The van der Waals surface area contributed by atoms with Crippen molar-refractivity contribution in [2.24, 2.45) is 11.3 Å². The van der Waals surface area contributed by atoms with E-state index in [1.54, 1.807) is 0 Å². The molecule has 2 aliphatic rings. The lowest BCUT2D eigenvalue weighted by Crippen LogP contribution is -2.23. The molecule has 1 aliphatic carbocycles. The minimum atomic E-state index is -0.613. The van der Waals surface area contributed by atoms with Crippen LogP contribution in [0, 0.1) is 11.3 Å². The molecule has 2 fully saturated rings. The Kier molecular flexibility index (Phi) is 2.44. The summed E-state index contributed by atoms with van der Waals surface area (Å²) in [5.41, 5.74) is 1.38. The molecule has 0 amide bonds. The first-order chi connectivity index (χ1) is 8.20. The molecule has 1 saturated carbocycles. The Morgan fingerprint density at radius 3 is 2.59 bits per heavy atom. The standard InChI is InChI=1S/C14H17NO2/c16-13(17)12-9-15(10-14(12)6-7-14)8-11-4-2-1-3-5-11/h1-5,12H,6-10H2,(H,16,17)/t12-/m0/s1. The number of hydrogen-bond donors (Lipinski definition) is 1. The molecule has 0 bridgehead atoms. The Labute approximate surface area is 101 Å². The highest BCUT2D eigenvalue weighted by atomic mass is 16.4. The second-order valence-corrected chi connectivity index (χ2v) is 5.41. The van der Waals surface area contributed by atoms with Gasteiger partial charge in [-0.05, 0) is 23.8 Å². The molecule has 17 heavy (non-hydrogen) atoms. The van der Waals surface area contributed by atoms with Crippen molar-refractivity contribution in [3.63, 3.8) is 0 Å². The Balaban J connectivity index is 1.69. The fourth-order valence-corrected chi connectivity index (χ4v) is 3.04. The van der Waals surface area contributed by atoms with E-state index in [0.717, 1.165) is 25.9 Å². The van der Waals surface area contributed by atoms with Crippen molar-refractivity contribution in [3.05, 3.63) is 35.9 Å². The van der Waals surface area contributed by atoms with Crippen molar-refractivity contribution in [2.45, 2.75) is 19.4 Å². The van der Waals surface area contributed by atoms with Crippen molar-refractivity contribution < 1.29 is 9.90 Å². The number of hydrogen-bond acceptors (Lipinski definition) is 2.